The van der Waals surface area contributed by atoms with Gasteiger partial charge in [-0.05, 0) is 59.3 Å². The van der Waals surface area contributed by atoms with Crippen molar-refractivity contribution < 1.29 is 14.3 Å². The maximum absolute atomic E-state index is 11.7. The van der Waals surface area contributed by atoms with Crippen LogP contribution < -0.4 is 0 Å². The first kappa shape index (κ1) is 14.5. The molecule has 0 bridgehead atoms. The fourth-order valence-electron chi connectivity index (χ4n) is 2.09. The van der Waals surface area contributed by atoms with Gasteiger partial charge in [-0.1, -0.05) is 6.92 Å². The van der Waals surface area contributed by atoms with Gasteiger partial charge in [-0.2, -0.15) is 0 Å². The zero-order valence-corrected chi connectivity index (χ0v) is 11.8. The Morgan fingerprint density at radius 3 is 2.18 bits per heavy atom. The number of ether oxygens (including phenoxy) is 2. The predicted molar refractivity (Wildman–Crippen MR) is 67.8 cm³/mol. The lowest BCUT2D eigenvalue weighted by Gasteiger charge is -2.29. The van der Waals surface area contributed by atoms with Gasteiger partial charge in [-0.25, -0.2) is 4.79 Å². The van der Waals surface area contributed by atoms with Crippen molar-refractivity contribution in [1.29, 1.82) is 0 Å². The Labute approximate surface area is 105 Å². The number of hydrogen-bond acceptors (Lipinski definition) is 3. The average molecular weight is 242 g/mol. The highest BCUT2D eigenvalue weighted by atomic mass is 16.6. The average Bonchev–Trinajstić information content (AvgIpc) is 2.19. The lowest BCUT2D eigenvalue weighted by Crippen LogP contribution is -2.35. The Hall–Kier alpha value is -0.570. The molecular formula is C14H26O3. The van der Waals surface area contributed by atoms with Crippen LogP contribution in [0.15, 0.2) is 0 Å². The topological polar surface area (TPSA) is 35.5 Å². The van der Waals surface area contributed by atoms with Crippen molar-refractivity contribution in [2.45, 2.75) is 78.1 Å². The van der Waals surface area contributed by atoms with E-state index in [2.05, 4.69) is 6.92 Å². The predicted octanol–water partition coefficient (Wildman–Crippen LogP) is 3.31. The third-order valence-corrected chi connectivity index (χ3v) is 3.10. The highest BCUT2D eigenvalue weighted by Gasteiger charge is 2.26. The van der Waals surface area contributed by atoms with Gasteiger partial charge in [0.1, 0.15) is 5.60 Å². The van der Waals surface area contributed by atoms with Crippen molar-refractivity contribution in [1.82, 2.24) is 0 Å². The van der Waals surface area contributed by atoms with Gasteiger partial charge in [-0.3, -0.25) is 0 Å². The molecule has 1 aliphatic carbocycles. The highest BCUT2D eigenvalue weighted by molar-refractivity contribution is 5.74. The molecule has 0 spiro atoms. The summed E-state index contributed by atoms with van der Waals surface area (Å²) < 4.78 is 11.1. The van der Waals surface area contributed by atoms with Crippen LogP contribution >= 0.6 is 0 Å². The van der Waals surface area contributed by atoms with Crippen molar-refractivity contribution in [3.05, 3.63) is 0 Å². The molecule has 0 N–H and O–H groups in total. The summed E-state index contributed by atoms with van der Waals surface area (Å²) in [5.74, 6) is 0.544. The van der Waals surface area contributed by atoms with Crippen LogP contribution in [0.25, 0.3) is 0 Å². The lowest BCUT2D eigenvalue weighted by molar-refractivity contribution is -0.172. The summed E-state index contributed by atoms with van der Waals surface area (Å²) in [6, 6.07) is 0. The van der Waals surface area contributed by atoms with Gasteiger partial charge in [0.15, 0.2) is 6.10 Å². The van der Waals surface area contributed by atoms with Crippen LogP contribution in [-0.4, -0.2) is 23.8 Å². The second kappa shape index (κ2) is 5.85. The molecule has 0 saturated heterocycles. The molecule has 1 saturated carbocycles. The molecule has 0 aromatic carbocycles. The van der Waals surface area contributed by atoms with E-state index in [1.807, 2.05) is 20.8 Å². The first-order chi connectivity index (χ1) is 7.78. The highest BCUT2D eigenvalue weighted by Crippen LogP contribution is 2.26. The summed E-state index contributed by atoms with van der Waals surface area (Å²) in [6.45, 7) is 9.68. The fourth-order valence-corrected chi connectivity index (χ4v) is 2.09. The second-order valence-corrected chi connectivity index (χ2v) is 6.19. The Morgan fingerprint density at radius 1 is 1.18 bits per heavy atom. The van der Waals surface area contributed by atoms with E-state index in [4.69, 9.17) is 9.47 Å². The lowest BCUT2D eigenvalue weighted by atomic mass is 9.89. The van der Waals surface area contributed by atoms with Crippen molar-refractivity contribution in [2.24, 2.45) is 5.92 Å². The second-order valence-electron chi connectivity index (χ2n) is 6.19. The summed E-state index contributed by atoms with van der Waals surface area (Å²) >= 11 is 0. The number of esters is 1. The van der Waals surface area contributed by atoms with Crippen molar-refractivity contribution in [2.75, 3.05) is 0 Å². The molecule has 1 rings (SSSR count). The molecule has 17 heavy (non-hydrogen) atoms. The zero-order chi connectivity index (χ0) is 13.1. The van der Waals surface area contributed by atoms with E-state index in [0.717, 1.165) is 18.8 Å². The van der Waals surface area contributed by atoms with Crippen LogP contribution in [0, 0.1) is 5.92 Å². The maximum atomic E-state index is 11.7. The molecule has 0 aromatic rings. The SMILES string of the molecule is CC1CCC(OC(C)C(=O)OC(C)(C)C)CC1. The van der Waals surface area contributed by atoms with Gasteiger partial charge in [0.25, 0.3) is 0 Å². The number of rotatable bonds is 3. The Balaban J connectivity index is 2.33. The van der Waals surface area contributed by atoms with Crippen molar-refractivity contribution in [3.8, 4) is 0 Å². The summed E-state index contributed by atoms with van der Waals surface area (Å²) in [7, 11) is 0. The van der Waals surface area contributed by atoms with Crippen LogP contribution in [0.2, 0.25) is 0 Å². The first-order valence-electron chi connectivity index (χ1n) is 6.66. The van der Waals surface area contributed by atoms with E-state index in [0.29, 0.717) is 0 Å². The molecule has 1 aliphatic rings. The van der Waals surface area contributed by atoms with E-state index in [9.17, 15) is 4.79 Å². The van der Waals surface area contributed by atoms with Crippen LogP contribution in [0.5, 0.6) is 0 Å². The minimum atomic E-state index is -0.451. The molecule has 0 radical (unpaired) electrons. The van der Waals surface area contributed by atoms with Crippen LogP contribution in [-0.2, 0) is 14.3 Å². The summed E-state index contributed by atoms with van der Waals surface area (Å²) in [6.07, 6.45) is 4.31. The normalized spacial score (nSPS) is 27.6. The first-order valence-corrected chi connectivity index (χ1v) is 6.66. The van der Waals surface area contributed by atoms with Gasteiger partial charge in [-0.15, -0.1) is 0 Å². The van der Waals surface area contributed by atoms with E-state index in [1.165, 1.54) is 12.8 Å². The quantitative estimate of drug-likeness (QED) is 0.712. The monoisotopic (exact) mass is 242 g/mol. The fraction of sp³-hybridized carbons (Fsp3) is 0.929. The van der Waals surface area contributed by atoms with Gasteiger partial charge in [0.05, 0.1) is 6.10 Å². The van der Waals surface area contributed by atoms with E-state index in [-0.39, 0.29) is 12.1 Å². The van der Waals surface area contributed by atoms with E-state index < -0.39 is 11.7 Å². The molecular weight excluding hydrogens is 216 g/mol. The van der Waals surface area contributed by atoms with Crippen molar-refractivity contribution >= 4 is 5.97 Å². The zero-order valence-electron chi connectivity index (χ0n) is 11.8. The number of carbonyl (C=O) groups is 1. The molecule has 3 heteroatoms. The molecule has 100 valence electrons. The number of carbonyl (C=O) groups excluding carboxylic acids is 1. The van der Waals surface area contributed by atoms with Gasteiger partial charge >= 0.3 is 5.97 Å². The van der Waals surface area contributed by atoms with Crippen LogP contribution in [0.3, 0.4) is 0 Å². The third-order valence-electron chi connectivity index (χ3n) is 3.10. The molecule has 1 fully saturated rings. The molecule has 0 amide bonds. The Morgan fingerprint density at radius 2 is 1.71 bits per heavy atom. The van der Waals surface area contributed by atoms with Gasteiger partial charge in [0, 0.05) is 0 Å². The van der Waals surface area contributed by atoms with Crippen LogP contribution in [0.1, 0.15) is 60.3 Å². The summed E-state index contributed by atoms with van der Waals surface area (Å²) in [4.78, 5) is 11.7. The van der Waals surface area contributed by atoms with E-state index in [1.54, 1.807) is 6.92 Å². The minimum absolute atomic E-state index is 0.230. The van der Waals surface area contributed by atoms with Gasteiger partial charge < -0.3 is 9.47 Å². The smallest absolute Gasteiger partial charge is 0.335 e. The summed E-state index contributed by atoms with van der Waals surface area (Å²) in [5, 5.41) is 0. The molecule has 3 nitrogen and oxygen atoms in total. The minimum Gasteiger partial charge on any atom is -0.458 e. The van der Waals surface area contributed by atoms with E-state index >= 15 is 0 Å². The summed E-state index contributed by atoms with van der Waals surface area (Å²) in [5.41, 5.74) is -0.435. The molecule has 0 aliphatic heterocycles. The molecule has 0 aromatic heterocycles. The molecule has 1 atom stereocenters. The largest absolute Gasteiger partial charge is 0.458 e. The van der Waals surface area contributed by atoms with Crippen LogP contribution in [0.4, 0.5) is 0 Å². The maximum Gasteiger partial charge on any atom is 0.335 e. The Bertz CT molecular complexity index is 247. The molecule has 1 unspecified atom stereocenters. The third kappa shape index (κ3) is 5.53. The molecule has 0 heterocycles. The van der Waals surface area contributed by atoms with Gasteiger partial charge in [0.2, 0.25) is 0 Å². The standard InChI is InChI=1S/C14H26O3/c1-10-6-8-12(9-7-10)16-11(2)13(15)17-14(3,4)5/h10-12H,6-9H2,1-5H3. The van der Waals surface area contributed by atoms with Crippen molar-refractivity contribution in [3.63, 3.8) is 0 Å². The number of hydrogen-bond donors (Lipinski definition) is 0. The Kier molecular flexibility index (Phi) is 4.99.